The number of carbonyl (C=O) groups is 1. The van der Waals surface area contributed by atoms with Gasteiger partial charge in [-0.1, -0.05) is 25.1 Å². The fraction of sp³-hybridized carbons (Fsp3) is 0.429. The molecule has 4 nitrogen and oxygen atoms in total. The van der Waals surface area contributed by atoms with Gasteiger partial charge in [-0.2, -0.15) is 0 Å². The summed E-state index contributed by atoms with van der Waals surface area (Å²) >= 11 is 0. The quantitative estimate of drug-likeness (QED) is 0.902. The van der Waals surface area contributed by atoms with Crippen LogP contribution in [0, 0.1) is 12.8 Å². The lowest BCUT2D eigenvalue weighted by Crippen LogP contribution is -2.33. The minimum absolute atomic E-state index is 0.0109. The fourth-order valence-electron chi connectivity index (χ4n) is 3.38. The van der Waals surface area contributed by atoms with Crippen molar-refractivity contribution in [3.8, 4) is 0 Å². The monoisotopic (exact) mass is 337 g/mol. The highest BCUT2D eigenvalue weighted by Gasteiger charge is 2.16. The number of likely N-dealkylation sites (tertiary alicyclic amines) is 1. The van der Waals surface area contributed by atoms with Crippen molar-refractivity contribution in [2.24, 2.45) is 5.92 Å². The molecule has 1 aliphatic rings. The van der Waals surface area contributed by atoms with Crippen LogP contribution >= 0.6 is 0 Å². The van der Waals surface area contributed by atoms with E-state index in [9.17, 15) is 4.79 Å². The molecule has 0 saturated carbocycles. The summed E-state index contributed by atoms with van der Waals surface area (Å²) in [6, 6.07) is 12.1. The van der Waals surface area contributed by atoms with Gasteiger partial charge in [0.2, 0.25) is 5.91 Å². The molecule has 2 heterocycles. The highest BCUT2D eigenvalue weighted by Crippen LogP contribution is 2.19. The minimum atomic E-state index is -0.0109. The predicted octanol–water partition coefficient (Wildman–Crippen LogP) is 3.80. The highest BCUT2D eigenvalue weighted by atomic mass is 16.1. The van der Waals surface area contributed by atoms with Gasteiger partial charge in [0.15, 0.2) is 0 Å². The minimum Gasteiger partial charge on any atom is -0.326 e. The summed E-state index contributed by atoms with van der Waals surface area (Å²) in [6.45, 7) is 7.63. The van der Waals surface area contributed by atoms with Gasteiger partial charge in [-0.3, -0.25) is 14.7 Å². The van der Waals surface area contributed by atoms with E-state index in [0.717, 1.165) is 29.4 Å². The van der Waals surface area contributed by atoms with Gasteiger partial charge in [0.25, 0.3) is 0 Å². The number of piperidine rings is 1. The van der Waals surface area contributed by atoms with E-state index in [1.807, 2.05) is 31.2 Å². The van der Waals surface area contributed by atoms with Crippen LogP contribution < -0.4 is 5.32 Å². The van der Waals surface area contributed by atoms with Crippen molar-refractivity contribution in [2.75, 3.05) is 18.4 Å². The van der Waals surface area contributed by atoms with Crippen molar-refractivity contribution in [1.29, 1.82) is 0 Å². The largest absolute Gasteiger partial charge is 0.326 e. The number of anilines is 1. The molecule has 0 aliphatic carbocycles. The predicted molar refractivity (Wildman–Crippen MR) is 101 cm³/mol. The Hall–Kier alpha value is -2.20. The van der Waals surface area contributed by atoms with Crippen molar-refractivity contribution in [3.05, 3.63) is 59.4 Å². The first kappa shape index (κ1) is 17.6. The van der Waals surface area contributed by atoms with E-state index in [1.165, 1.54) is 31.5 Å². The molecule has 1 aliphatic heterocycles. The highest BCUT2D eigenvalue weighted by molar-refractivity contribution is 5.92. The van der Waals surface area contributed by atoms with Gasteiger partial charge in [0.05, 0.1) is 6.42 Å². The molecule has 1 aromatic heterocycles. The number of aryl methyl sites for hydroxylation is 1. The molecule has 0 bridgehead atoms. The third-order valence-corrected chi connectivity index (χ3v) is 4.72. The molecule has 3 rings (SSSR count). The maximum absolute atomic E-state index is 12.2. The average molecular weight is 337 g/mol. The number of aromatic nitrogens is 1. The first-order valence-electron chi connectivity index (χ1n) is 9.11. The van der Waals surface area contributed by atoms with Crippen LogP contribution in [0.4, 0.5) is 5.69 Å². The summed E-state index contributed by atoms with van der Waals surface area (Å²) in [6.07, 6.45) is 4.75. The van der Waals surface area contributed by atoms with Crippen molar-refractivity contribution >= 4 is 11.6 Å². The van der Waals surface area contributed by atoms with Gasteiger partial charge < -0.3 is 5.32 Å². The zero-order chi connectivity index (χ0) is 17.6. The molecule has 1 fully saturated rings. The molecule has 2 aromatic rings. The molecule has 132 valence electrons. The normalized spacial score (nSPS) is 18.1. The molecular weight excluding hydrogens is 310 g/mol. The number of amides is 1. The Balaban J connectivity index is 1.51. The van der Waals surface area contributed by atoms with Crippen molar-refractivity contribution in [3.63, 3.8) is 0 Å². The molecule has 1 atom stereocenters. The third kappa shape index (κ3) is 5.40. The topological polar surface area (TPSA) is 45.2 Å². The maximum Gasteiger partial charge on any atom is 0.228 e. The number of benzene rings is 1. The lowest BCUT2D eigenvalue weighted by atomic mass is 10.00. The van der Waals surface area contributed by atoms with Crippen molar-refractivity contribution < 1.29 is 4.79 Å². The second-order valence-electron chi connectivity index (χ2n) is 7.21. The Morgan fingerprint density at radius 3 is 2.64 bits per heavy atom. The summed E-state index contributed by atoms with van der Waals surface area (Å²) in [7, 11) is 0. The van der Waals surface area contributed by atoms with Crippen LogP contribution in [0.25, 0.3) is 0 Å². The molecule has 1 saturated heterocycles. The number of hydrogen-bond donors (Lipinski definition) is 1. The number of pyridine rings is 1. The van der Waals surface area contributed by atoms with Gasteiger partial charge in [-0.15, -0.1) is 0 Å². The zero-order valence-corrected chi connectivity index (χ0v) is 15.2. The number of rotatable bonds is 5. The van der Waals surface area contributed by atoms with Gasteiger partial charge in [0.1, 0.15) is 0 Å². The number of carbonyl (C=O) groups excluding carboxylic acids is 1. The molecular formula is C21H27N3O. The second-order valence-corrected chi connectivity index (χ2v) is 7.21. The van der Waals surface area contributed by atoms with E-state index in [4.69, 9.17) is 0 Å². The van der Waals surface area contributed by atoms with Crippen LogP contribution in [0.2, 0.25) is 0 Å². The second kappa shape index (κ2) is 8.26. The third-order valence-electron chi connectivity index (χ3n) is 4.72. The Morgan fingerprint density at radius 1 is 1.20 bits per heavy atom. The summed E-state index contributed by atoms with van der Waals surface area (Å²) in [5, 5.41) is 2.96. The Morgan fingerprint density at radius 2 is 1.96 bits per heavy atom. The molecule has 0 spiro atoms. The summed E-state index contributed by atoms with van der Waals surface area (Å²) < 4.78 is 0. The van der Waals surface area contributed by atoms with Gasteiger partial charge in [-0.25, -0.2) is 0 Å². The van der Waals surface area contributed by atoms with E-state index in [0.29, 0.717) is 6.42 Å². The molecule has 25 heavy (non-hydrogen) atoms. The maximum atomic E-state index is 12.2. The van der Waals surface area contributed by atoms with Crippen molar-refractivity contribution in [1.82, 2.24) is 9.88 Å². The smallest absolute Gasteiger partial charge is 0.228 e. The molecule has 4 heteroatoms. The van der Waals surface area contributed by atoms with E-state index in [-0.39, 0.29) is 5.91 Å². The molecule has 1 N–H and O–H groups in total. The number of nitrogens with one attached hydrogen (secondary N) is 1. The molecule has 1 amide bonds. The first-order chi connectivity index (χ1) is 12.1. The molecule has 0 unspecified atom stereocenters. The van der Waals surface area contributed by atoms with E-state index in [1.54, 1.807) is 6.20 Å². The SMILES string of the molecule is Cc1ccc(CC(=O)Nc2ccc(CN3CCC[C@H](C)C3)cc2)cn1. The fourth-order valence-corrected chi connectivity index (χ4v) is 3.38. The zero-order valence-electron chi connectivity index (χ0n) is 15.2. The lowest BCUT2D eigenvalue weighted by molar-refractivity contribution is -0.115. The Kier molecular flexibility index (Phi) is 5.82. The van der Waals surface area contributed by atoms with Crippen molar-refractivity contribution in [2.45, 2.75) is 39.7 Å². The number of hydrogen-bond acceptors (Lipinski definition) is 3. The van der Waals surface area contributed by atoms with E-state index in [2.05, 4.69) is 34.3 Å². The standard InChI is InChI=1S/C21H27N3O/c1-16-4-3-11-24(14-16)15-18-7-9-20(10-8-18)23-21(25)12-19-6-5-17(2)22-13-19/h5-10,13,16H,3-4,11-12,14-15H2,1-2H3,(H,23,25)/t16-/m0/s1. The lowest BCUT2D eigenvalue weighted by Gasteiger charge is -2.30. The van der Waals surface area contributed by atoms with Gasteiger partial charge >= 0.3 is 0 Å². The first-order valence-corrected chi connectivity index (χ1v) is 9.11. The van der Waals surface area contributed by atoms with Crippen LogP contribution in [0.3, 0.4) is 0 Å². The van der Waals surface area contributed by atoms with Gasteiger partial charge in [0, 0.05) is 30.7 Å². The van der Waals surface area contributed by atoms with Crippen LogP contribution in [0.1, 0.15) is 36.6 Å². The molecule has 0 radical (unpaired) electrons. The summed E-state index contributed by atoms with van der Waals surface area (Å²) in [5.74, 6) is 0.784. The summed E-state index contributed by atoms with van der Waals surface area (Å²) in [5.41, 5.74) is 4.04. The average Bonchev–Trinajstić information content (AvgIpc) is 2.59. The van der Waals surface area contributed by atoms with E-state index < -0.39 is 0 Å². The van der Waals surface area contributed by atoms with E-state index >= 15 is 0 Å². The summed E-state index contributed by atoms with van der Waals surface area (Å²) in [4.78, 5) is 18.9. The van der Waals surface area contributed by atoms with Crippen LogP contribution in [0.5, 0.6) is 0 Å². The molecule has 1 aromatic carbocycles. The Bertz CT molecular complexity index is 694. The Labute approximate surface area is 150 Å². The van der Waals surface area contributed by atoms with Crippen LogP contribution in [-0.4, -0.2) is 28.9 Å². The van der Waals surface area contributed by atoms with Crippen LogP contribution in [0.15, 0.2) is 42.6 Å². The number of nitrogens with zero attached hydrogens (tertiary/aromatic N) is 2. The van der Waals surface area contributed by atoms with Crippen LogP contribution in [-0.2, 0) is 17.8 Å². The van der Waals surface area contributed by atoms with Gasteiger partial charge in [-0.05, 0) is 61.6 Å².